The van der Waals surface area contributed by atoms with Gasteiger partial charge in [-0.15, -0.1) is 0 Å². The summed E-state index contributed by atoms with van der Waals surface area (Å²) in [5.41, 5.74) is 2.54. The molecular weight excluding hydrogens is 436 g/mol. The number of amides is 1. The Morgan fingerprint density at radius 2 is 2.00 bits per heavy atom. The number of aliphatic carboxylic acids is 1. The van der Waals surface area contributed by atoms with Crippen LogP contribution in [0.2, 0.25) is 0 Å². The number of nitrogens with one attached hydrogen (secondary N) is 2. The lowest BCUT2D eigenvalue weighted by atomic mass is 9.91. The van der Waals surface area contributed by atoms with Crippen molar-refractivity contribution >= 4 is 28.5 Å². The standard InChI is InChI=1S/C25H18N4O5/c26-12-16-9-20-19(25(31)32)7-8-33-23(20)11-22(16)34-18-5-2-14(3-6-18)24(30)28-17-4-1-15-13-27-29-21(15)10-17/h1-6,9-11,13,19H,7-8H2,(H,27,29)(H,28,30)(H,31,32). The first-order valence-corrected chi connectivity index (χ1v) is 10.5. The molecule has 1 amide bonds. The Morgan fingerprint density at radius 1 is 1.18 bits per heavy atom. The second-order valence-corrected chi connectivity index (χ2v) is 7.78. The highest BCUT2D eigenvalue weighted by Gasteiger charge is 2.29. The van der Waals surface area contributed by atoms with Crippen molar-refractivity contribution in [3.05, 3.63) is 77.5 Å². The predicted octanol–water partition coefficient (Wildman–Crippen LogP) is 4.43. The van der Waals surface area contributed by atoms with E-state index in [4.69, 9.17) is 9.47 Å². The van der Waals surface area contributed by atoms with E-state index >= 15 is 0 Å². The van der Waals surface area contributed by atoms with Crippen molar-refractivity contribution in [2.75, 3.05) is 11.9 Å². The minimum absolute atomic E-state index is 0.200. The summed E-state index contributed by atoms with van der Waals surface area (Å²) in [4.78, 5) is 24.2. The maximum absolute atomic E-state index is 12.6. The molecule has 4 aromatic rings. The van der Waals surface area contributed by atoms with Crippen molar-refractivity contribution in [3.8, 4) is 23.3 Å². The predicted molar refractivity (Wildman–Crippen MR) is 122 cm³/mol. The number of anilines is 1. The number of carbonyl (C=O) groups is 2. The average molecular weight is 454 g/mol. The lowest BCUT2D eigenvalue weighted by Gasteiger charge is -2.24. The van der Waals surface area contributed by atoms with Gasteiger partial charge in [-0.25, -0.2) is 0 Å². The number of carbonyl (C=O) groups excluding carboxylic acids is 1. The van der Waals surface area contributed by atoms with Gasteiger partial charge in [0.1, 0.15) is 23.3 Å². The lowest BCUT2D eigenvalue weighted by molar-refractivity contribution is -0.139. The third-order valence-electron chi connectivity index (χ3n) is 5.61. The van der Waals surface area contributed by atoms with Gasteiger partial charge in [-0.1, -0.05) is 0 Å². The van der Waals surface area contributed by atoms with E-state index in [2.05, 4.69) is 15.5 Å². The van der Waals surface area contributed by atoms with Crippen LogP contribution in [0.25, 0.3) is 10.9 Å². The van der Waals surface area contributed by atoms with E-state index in [-0.39, 0.29) is 23.8 Å². The van der Waals surface area contributed by atoms with Crippen LogP contribution < -0.4 is 14.8 Å². The lowest BCUT2D eigenvalue weighted by Crippen LogP contribution is -2.21. The number of ether oxygens (including phenoxy) is 2. The van der Waals surface area contributed by atoms with Gasteiger partial charge in [0.15, 0.2) is 0 Å². The summed E-state index contributed by atoms with van der Waals surface area (Å²) in [6, 6.07) is 17.0. The number of nitriles is 1. The van der Waals surface area contributed by atoms with Crippen molar-refractivity contribution < 1.29 is 24.2 Å². The molecule has 34 heavy (non-hydrogen) atoms. The van der Waals surface area contributed by atoms with Crippen LogP contribution >= 0.6 is 0 Å². The summed E-state index contributed by atoms with van der Waals surface area (Å²) in [6.07, 6.45) is 2.04. The molecule has 0 saturated heterocycles. The van der Waals surface area contributed by atoms with E-state index in [1.807, 2.05) is 12.1 Å². The van der Waals surface area contributed by atoms with Gasteiger partial charge in [0, 0.05) is 28.3 Å². The van der Waals surface area contributed by atoms with Crippen LogP contribution in [0, 0.1) is 11.3 Å². The van der Waals surface area contributed by atoms with Gasteiger partial charge in [-0.05, 0) is 55.0 Å². The molecule has 1 atom stereocenters. The molecule has 0 fully saturated rings. The molecule has 0 radical (unpaired) electrons. The monoisotopic (exact) mass is 454 g/mol. The van der Waals surface area contributed by atoms with Gasteiger partial charge in [0.05, 0.1) is 29.8 Å². The molecule has 1 aromatic heterocycles. The molecule has 1 aliphatic heterocycles. The summed E-state index contributed by atoms with van der Waals surface area (Å²) in [5.74, 6) is -0.921. The third kappa shape index (κ3) is 4.00. The average Bonchev–Trinajstić information content (AvgIpc) is 3.31. The zero-order valence-corrected chi connectivity index (χ0v) is 17.7. The van der Waals surface area contributed by atoms with Crippen molar-refractivity contribution in [2.45, 2.75) is 12.3 Å². The van der Waals surface area contributed by atoms with Crippen molar-refractivity contribution in [1.82, 2.24) is 10.2 Å². The molecule has 2 heterocycles. The minimum Gasteiger partial charge on any atom is -0.493 e. The Hall–Kier alpha value is -4.84. The fraction of sp³-hybridized carbons (Fsp3) is 0.120. The molecule has 0 spiro atoms. The maximum atomic E-state index is 12.6. The van der Waals surface area contributed by atoms with E-state index in [1.54, 1.807) is 42.6 Å². The number of rotatable bonds is 5. The van der Waals surface area contributed by atoms with Gasteiger partial charge in [-0.2, -0.15) is 10.4 Å². The van der Waals surface area contributed by atoms with Gasteiger partial charge in [-0.3, -0.25) is 14.7 Å². The Morgan fingerprint density at radius 3 is 2.76 bits per heavy atom. The highest BCUT2D eigenvalue weighted by atomic mass is 16.5. The first kappa shape index (κ1) is 21.0. The molecular formula is C25H18N4O5. The number of carboxylic acid groups (broad SMARTS) is 1. The van der Waals surface area contributed by atoms with Crippen molar-refractivity contribution in [1.29, 1.82) is 5.26 Å². The van der Waals surface area contributed by atoms with E-state index in [0.29, 0.717) is 34.7 Å². The molecule has 3 aromatic carbocycles. The van der Waals surface area contributed by atoms with Crippen LogP contribution in [0.5, 0.6) is 17.2 Å². The zero-order valence-electron chi connectivity index (χ0n) is 17.7. The van der Waals surface area contributed by atoms with Gasteiger partial charge in [0.25, 0.3) is 5.91 Å². The molecule has 9 heteroatoms. The molecule has 3 N–H and O–H groups in total. The van der Waals surface area contributed by atoms with Gasteiger partial charge in [0.2, 0.25) is 0 Å². The Bertz CT molecular complexity index is 1450. The number of benzene rings is 3. The van der Waals surface area contributed by atoms with E-state index < -0.39 is 11.9 Å². The largest absolute Gasteiger partial charge is 0.493 e. The SMILES string of the molecule is N#Cc1cc2c(cc1Oc1ccc(C(=O)Nc3ccc4cn[nH]c4c3)cc1)OCCC2C(=O)O. The maximum Gasteiger partial charge on any atom is 0.311 e. The number of carboxylic acids is 1. The molecule has 1 unspecified atom stereocenters. The van der Waals surface area contributed by atoms with E-state index in [0.717, 1.165) is 10.9 Å². The molecule has 9 nitrogen and oxygen atoms in total. The van der Waals surface area contributed by atoms with Crippen LogP contribution in [0.15, 0.2) is 60.8 Å². The van der Waals surface area contributed by atoms with Crippen LogP contribution in [0.3, 0.4) is 0 Å². The minimum atomic E-state index is -0.958. The molecule has 168 valence electrons. The number of aromatic nitrogens is 2. The topological polar surface area (TPSA) is 137 Å². The molecule has 0 bridgehead atoms. The zero-order chi connectivity index (χ0) is 23.7. The first-order valence-electron chi connectivity index (χ1n) is 10.5. The summed E-state index contributed by atoms with van der Waals surface area (Å²) in [7, 11) is 0. The van der Waals surface area contributed by atoms with Crippen LogP contribution in [-0.2, 0) is 4.79 Å². The number of hydrogen-bond acceptors (Lipinski definition) is 6. The molecule has 0 aliphatic carbocycles. The highest BCUT2D eigenvalue weighted by Crippen LogP contribution is 2.39. The number of hydrogen-bond donors (Lipinski definition) is 3. The highest BCUT2D eigenvalue weighted by molar-refractivity contribution is 6.05. The molecule has 5 rings (SSSR count). The fourth-order valence-electron chi connectivity index (χ4n) is 3.87. The number of nitrogens with zero attached hydrogens (tertiary/aromatic N) is 2. The number of aromatic amines is 1. The van der Waals surface area contributed by atoms with E-state index in [9.17, 15) is 20.0 Å². The summed E-state index contributed by atoms with van der Waals surface area (Å²) >= 11 is 0. The normalized spacial score (nSPS) is 14.5. The summed E-state index contributed by atoms with van der Waals surface area (Å²) < 4.78 is 11.5. The smallest absolute Gasteiger partial charge is 0.311 e. The second-order valence-electron chi connectivity index (χ2n) is 7.78. The number of H-pyrrole nitrogens is 1. The quantitative estimate of drug-likeness (QED) is 0.406. The van der Waals surface area contributed by atoms with Crippen molar-refractivity contribution in [3.63, 3.8) is 0 Å². The second kappa shape index (κ2) is 8.60. The Kier molecular flexibility index (Phi) is 5.32. The summed E-state index contributed by atoms with van der Waals surface area (Å²) in [5, 5.41) is 29.6. The molecule has 0 saturated carbocycles. The van der Waals surface area contributed by atoms with Crippen LogP contribution in [0.4, 0.5) is 5.69 Å². The van der Waals surface area contributed by atoms with Gasteiger partial charge < -0.3 is 19.9 Å². The molecule has 1 aliphatic rings. The first-order chi connectivity index (χ1) is 16.5. The van der Waals surface area contributed by atoms with Crippen LogP contribution in [0.1, 0.15) is 33.8 Å². The van der Waals surface area contributed by atoms with E-state index in [1.165, 1.54) is 12.1 Å². The fourth-order valence-corrected chi connectivity index (χ4v) is 3.87. The van der Waals surface area contributed by atoms with Crippen molar-refractivity contribution in [2.24, 2.45) is 0 Å². The third-order valence-corrected chi connectivity index (χ3v) is 5.61. The van der Waals surface area contributed by atoms with Crippen LogP contribution in [-0.4, -0.2) is 33.8 Å². The number of fused-ring (bicyclic) bond motifs is 2. The Labute approximate surface area is 193 Å². The Balaban J connectivity index is 1.33. The summed E-state index contributed by atoms with van der Waals surface area (Å²) in [6.45, 7) is 0.270. The van der Waals surface area contributed by atoms with Gasteiger partial charge >= 0.3 is 5.97 Å².